The predicted molar refractivity (Wildman–Crippen MR) is 91.8 cm³/mol. The van der Waals surface area contributed by atoms with E-state index in [9.17, 15) is 23.1 Å². The van der Waals surface area contributed by atoms with E-state index in [-0.39, 0.29) is 6.54 Å². The molecule has 0 radical (unpaired) electrons. The van der Waals surface area contributed by atoms with Crippen LogP contribution in [0.5, 0.6) is 0 Å². The van der Waals surface area contributed by atoms with Gasteiger partial charge in [0.15, 0.2) is 0 Å². The topological polar surface area (TPSA) is 61.4 Å². The zero-order valence-electron chi connectivity index (χ0n) is 13.9. The first-order valence-corrected chi connectivity index (χ1v) is 8.33. The molecule has 2 aromatic rings. The molecule has 0 aliphatic heterocycles. The number of rotatable bonds is 3. The Bertz CT molecular complexity index is 788. The summed E-state index contributed by atoms with van der Waals surface area (Å²) in [6, 6.07) is 9.81. The molecule has 4 nitrogen and oxygen atoms in total. The van der Waals surface area contributed by atoms with Gasteiger partial charge in [-0.1, -0.05) is 24.3 Å². The van der Waals surface area contributed by atoms with Gasteiger partial charge in [-0.05, 0) is 47.7 Å². The number of amides is 2. The van der Waals surface area contributed by atoms with E-state index in [1.165, 1.54) is 12.1 Å². The lowest BCUT2D eigenvalue weighted by molar-refractivity contribution is -0.137. The number of anilines is 1. The van der Waals surface area contributed by atoms with Crippen molar-refractivity contribution in [2.45, 2.75) is 38.1 Å². The van der Waals surface area contributed by atoms with Crippen LogP contribution in [0.25, 0.3) is 0 Å². The van der Waals surface area contributed by atoms with E-state index < -0.39 is 23.9 Å². The Hall–Kier alpha value is -2.54. The molecule has 0 fully saturated rings. The second-order valence-corrected chi connectivity index (χ2v) is 6.34. The third-order valence-corrected chi connectivity index (χ3v) is 4.44. The molecule has 2 amide bonds. The molecule has 26 heavy (non-hydrogen) atoms. The van der Waals surface area contributed by atoms with Crippen LogP contribution in [0.4, 0.5) is 23.7 Å². The van der Waals surface area contributed by atoms with E-state index >= 15 is 0 Å². The first-order chi connectivity index (χ1) is 12.3. The number of aliphatic hydroxyl groups is 1. The van der Waals surface area contributed by atoms with Crippen LogP contribution in [0.15, 0.2) is 42.5 Å². The van der Waals surface area contributed by atoms with Crippen molar-refractivity contribution in [3.63, 3.8) is 0 Å². The molecule has 138 valence electrons. The second kappa shape index (κ2) is 7.37. The Balaban J connectivity index is 1.60. The van der Waals surface area contributed by atoms with Gasteiger partial charge >= 0.3 is 12.2 Å². The Morgan fingerprint density at radius 3 is 2.58 bits per heavy atom. The van der Waals surface area contributed by atoms with Crippen LogP contribution >= 0.6 is 0 Å². The highest BCUT2D eigenvalue weighted by Crippen LogP contribution is 2.29. The summed E-state index contributed by atoms with van der Waals surface area (Å²) in [6.07, 6.45) is -2.83. The van der Waals surface area contributed by atoms with Crippen LogP contribution in [-0.4, -0.2) is 17.2 Å². The standard InChI is InChI=1S/C19H19F3N2O2/c20-19(21,22)14-7-4-12(5-8-14)11-23-18(26)24-17-3-1-2-13-6-9-15(25)10-16(13)17/h1-5,7-8,15,25H,6,9-11H2,(H2,23,24,26)/t15-/m1/s1. The fourth-order valence-electron chi connectivity index (χ4n) is 3.05. The smallest absolute Gasteiger partial charge is 0.393 e. The van der Waals surface area contributed by atoms with Gasteiger partial charge in [0.1, 0.15) is 0 Å². The van der Waals surface area contributed by atoms with Gasteiger partial charge in [-0.15, -0.1) is 0 Å². The van der Waals surface area contributed by atoms with Crippen LogP contribution in [0.1, 0.15) is 28.7 Å². The number of aryl methyl sites for hydroxylation is 1. The van der Waals surface area contributed by atoms with Crippen molar-refractivity contribution in [1.29, 1.82) is 0 Å². The molecule has 0 heterocycles. The number of fused-ring (bicyclic) bond motifs is 1. The summed E-state index contributed by atoms with van der Waals surface area (Å²) >= 11 is 0. The molecule has 0 saturated heterocycles. The lowest BCUT2D eigenvalue weighted by atomic mass is 9.88. The van der Waals surface area contributed by atoms with Crippen molar-refractivity contribution in [3.8, 4) is 0 Å². The van der Waals surface area contributed by atoms with E-state index in [1.54, 1.807) is 6.07 Å². The first-order valence-electron chi connectivity index (χ1n) is 8.33. The summed E-state index contributed by atoms with van der Waals surface area (Å²) in [7, 11) is 0. The third-order valence-electron chi connectivity index (χ3n) is 4.44. The average molecular weight is 364 g/mol. The van der Waals surface area contributed by atoms with Crippen molar-refractivity contribution in [2.75, 3.05) is 5.32 Å². The maximum atomic E-state index is 12.5. The quantitative estimate of drug-likeness (QED) is 0.774. The van der Waals surface area contributed by atoms with Crippen LogP contribution in [0.3, 0.4) is 0 Å². The minimum absolute atomic E-state index is 0.113. The minimum Gasteiger partial charge on any atom is -0.393 e. The maximum absolute atomic E-state index is 12.5. The van der Waals surface area contributed by atoms with Gasteiger partial charge in [0.25, 0.3) is 0 Å². The predicted octanol–water partition coefficient (Wildman–Crippen LogP) is 3.88. The zero-order valence-corrected chi connectivity index (χ0v) is 13.9. The van der Waals surface area contributed by atoms with Crippen molar-refractivity contribution >= 4 is 11.7 Å². The molecule has 3 N–H and O–H groups in total. The molecule has 0 bridgehead atoms. The van der Waals surface area contributed by atoms with Crippen molar-refractivity contribution in [3.05, 3.63) is 64.7 Å². The molecular weight excluding hydrogens is 345 g/mol. The number of aliphatic hydroxyl groups excluding tert-OH is 1. The van der Waals surface area contributed by atoms with Gasteiger partial charge in [-0.3, -0.25) is 0 Å². The monoisotopic (exact) mass is 364 g/mol. The number of urea groups is 1. The second-order valence-electron chi connectivity index (χ2n) is 6.34. The van der Waals surface area contributed by atoms with Crippen LogP contribution in [0.2, 0.25) is 0 Å². The molecule has 1 atom stereocenters. The fourth-order valence-corrected chi connectivity index (χ4v) is 3.05. The van der Waals surface area contributed by atoms with Crippen LogP contribution in [-0.2, 0) is 25.6 Å². The van der Waals surface area contributed by atoms with Crippen molar-refractivity contribution in [1.82, 2.24) is 5.32 Å². The number of carbonyl (C=O) groups excluding carboxylic acids is 1. The van der Waals surface area contributed by atoms with Gasteiger partial charge in [0, 0.05) is 18.7 Å². The number of carbonyl (C=O) groups is 1. The van der Waals surface area contributed by atoms with Crippen molar-refractivity contribution < 1.29 is 23.1 Å². The number of hydrogen-bond donors (Lipinski definition) is 3. The van der Waals surface area contributed by atoms with Gasteiger partial charge in [0.2, 0.25) is 0 Å². The van der Waals surface area contributed by atoms with Gasteiger partial charge in [-0.25, -0.2) is 4.79 Å². The molecule has 3 rings (SSSR count). The number of alkyl halides is 3. The Morgan fingerprint density at radius 2 is 1.88 bits per heavy atom. The highest BCUT2D eigenvalue weighted by molar-refractivity contribution is 5.90. The number of nitrogens with one attached hydrogen (secondary N) is 2. The van der Waals surface area contributed by atoms with E-state index in [0.29, 0.717) is 24.1 Å². The van der Waals surface area contributed by atoms with Crippen LogP contribution < -0.4 is 10.6 Å². The summed E-state index contributed by atoms with van der Waals surface area (Å²) in [5.41, 5.74) is 2.52. The average Bonchev–Trinajstić information content (AvgIpc) is 2.60. The summed E-state index contributed by atoms with van der Waals surface area (Å²) in [5, 5.41) is 15.2. The lowest BCUT2D eigenvalue weighted by Gasteiger charge is -2.23. The third kappa shape index (κ3) is 4.35. The summed E-state index contributed by atoms with van der Waals surface area (Å²) in [4.78, 5) is 12.1. The van der Waals surface area contributed by atoms with Gasteiger partial charge in [-0.2, -0.15) is 13.2 Å². The molecule has 0 aromatic heterocycles. The zero-order chi connectivity index (χ0) is 18.7. The Kier molecular flexibility index (Phi) is 5.18. The Labute approximate surface area is 149 Å². The Morgan fingerprint density at radius 1 is 1.15 bits per heavy atom. The van der Waals surface area contributed by atoms with E-state index in [0.717, 1.165) is 29.7 Å². The van der Waals surface area contributed by atoms with E-state index in [4.69, 9.17) is 0 Å². The van der Waals surface area contributed by atoms with Crippen molar-refractivity contribution in [2.24, 2.45) is 0 Å². The normalized spacial score (nSPS) is 16.7. The lowest BCUT2D eigenvalue weighted by Crippen LogP contribution is -2.29. The number of hydrogen-bond acceptors (Lipinski definition) is 2. The van der Waals surface area contributed by atoms with Crippen LogP contribution in [0, 0.1) is 0 Å². The first kappa shape index (κ1) is 18.3. The minimum atomic E-state index is -4.37. The molecule has 7 heteroatoms. The summed E-state index contributed by atoms with van der Waals surface area (Å²) < 4.78 is 37.6. The van der Waals surface area contributed by atoms with E-state index in [1.807, 2.05) is 12.1 Å². The summed E-state index contributed by atoms with van der Waals surface area (Å²) in [5.74, 6) is 0. The van der Waals surface area contributed by atoms with E-state index in [2.05, 4.69) is 10.6 Å². The number of benzene rings is 2. The van der Waals surface area contributed by atoms with Gasteiger partial charge in [0.05, 0.1) is 11.7 Å². The molecular formula is C19H19F3N2O2. The molecule has 1 aliphatic carbocycles. The summed E-state index contributed by atoms with van der Waals surface area (Å²) in [6.45, 7) is 0.113. The fraction of sp³-hybridized carbons (Fsp3) is 0.316. The molecule has 1 aliphatic rings. The molecule has 0 saturated carbocycles. The molecule has 0 spiro atoms. The van der Waals surface area contributed by atoms with Gasteiger partial charge < -0.3 is 15.7 Å². The number of halogens is 3. The maximum Gasteiger partial charge on any atom is 0.416 e. The largest absolute Gasteiger partial charge is 0.416 e. The molecule has 0 unspecified atom stereocenters. The highest BCUT2D eigenvalue weighted by Gasteiger charge is 2.29. The SMILES string of the molecule is O=C(NCc1ccc(C(F)(F)F)cc1)Nc1cccc2c1C[C@H](O)CC2. The highest BCUT2D eigenvalue weighted by atomic mass is 19.4. The molecule has 2 aromatic carbocycles.